The summed E-state index contributed by atoms with van der Waals surface area (Å²) in [6, 6.07) is 14.8. The lowest BCUT2D eigenvalue weighted by molar-refractivity contribution is 0.136. The van der Waals surface area contributed by atoms with E-state index in [2.05, 4.69) is 39.5 Å². The van der Waals surface area contributed by atoms with Crippen LogP contribution in [0.3, 0.4) is 0 Å². The second kappa shape index (κ2) is 9.94. The molecular formula is C24H33N5O. The van der Waals surface area contributed by atoms with Crippen LogP contribution in [-0.2, 0) is 6.42 Å². The van der Waals surface area contributed by atoms with Crippen LogP contribution in [0.1, 0.15) is 37.7 Å². The largest absolute Gasteiger partial charge is 0.384 e. The molecule has 0 bridgehead atoms. The highest BCUT2D eigenvalue weighted by atomic mass is 16.2. The number of urea groups is 1. The first-order valence-electron chi connectivity index (χ1n) is 11.3. The summed E-state index contributed by atoms with van der Waals surface area (Å²) in [7, 11) is 0. The Balaban J connectivity index is 1.20. The second-order valence-electron chi connectivity index (χ2n) is 8.51. The van der Waals surface area contributed by atoms with E-state index in [1.807, 2.05) is 17.0 Å². The average Bonchev–Trinajstić information content (AvgIpc) is 2.79. The van der Waals surface area contributed by atoms with Gasteiger partial charge in [-0.25, -0.2) is 9.78 Å². The summed E-state index contributed by atoms with van der Waals surface area (Å²) in [6.07, 6.45) is 7.09. The number of aromatic nitrogens is 1. The van der Waals surface area contributed by atoms with Crippen LogP contribution in [0.4, 0.5) is 10.6 Å². The van der Waals surface area contributed by atoms with Gasteiger partial charge in [-0.05, 0) is 37.0 Å². The quantitative estimate of drug-likeness (QED) is 0.795. The minimum absolute atomic E-state index is 0.132. The van der Waals surface area contributed by atoms with Crippen molar-refractivity contribution in [2.75, 3.05) is 38.5 Å². The Morgan fingerprint density at radius 2 is 1.73 bits per heavy atom. The molecule has 0 unspecified atom stereocenters. The van der Waals surface area contributed by atoms with Gasteiger partial charge in [0.05, 0.1) is 5.69 Å². The minimum Gasteiger partial charge on any atom is -0.384 e. The van der Waals surface area contributed by atoms with Gasteiger partial charge >= 0.3 is 6.03 Å². The van der Waals surface area contributed by atoms with Gasteiger partial charge in [0.15, 0.2) is 0 Å². The van der Waals surface area contributed by atoms with Crippen LogP contribution in [0.25, 0.3) is 11.3 Å². The number of carbonyl (C=O) groups is 1. The number of nitrogens with one attached hydrogen (secondary N) is 1. The number of rotatable bonds is 5. The number of nitrogens with zero attached hydrogens (tertiary/aromatic N) is 3. The van der Waals surface area contributed by atoms with Crippen molar-refractivity contribution in [1.29, 1.82) is 0 Å². The van der Waals surface area contributed by atoms with E-state index in [0.717, 1.165) is 63.2 Å². The van der Waals surface area contributed by atoms with Crippen LogP contribution < -0.4 is 11.1 Å². The average molecular weight is 408 g/mol. The number of anilines is 1. The predicted octanol–water partition coefficient (Wildman–Crippen LogP) is 3.53. The zero-order valence-corrected chi connectivity index (χ0v) is 17.7. The highest BCUT2D eigenvalue weighted by Gasteiger charge is 2.23. The summed E-state index contributed by atoms with van der Waals surface area (Å²) in [5, 5.41) is 3.24. The number of nitrogens with two attached hydrogens (primary N) is 1. The van der Waals surface area contributed by atoms with E-state index >= 15 is 0 Å². The van der Waals surface area contributed by atoms with Crippen molar-refractivity contribution in [3.8, 4) is 11.3 Å². The smallest absolute Gasteiger partial charge is 0.317 e. The van der Waals surface area contributed by atoms with Crippen LogP contribution >= 0.6 is 0 Å². The summed E-state index contributed by atoms with van der Waals surface area (Å²) >= 11 is 0. The normalized spacial score (nSPS) is 18.3. The molecule has 1 aromatic heterocycles. The van der Waals surface area contributed by atoms with Crippen LogP contribution in [0.5, 0.6) is 0 Å². The van der Waals surface area contributed by atoms with Gasteiger partial charge < -0.3 is 16.0 Å². The van der Waals surface area contributed by atoms with Crippen molar-refractivity contribution in [2.24, 2.45) is 0 Å². The van der Waals surface area contributed by atoms with Crippen molar-refractivity contribution in [3.05, 3.63) is 48.0 Å². The second-order valence-corrected chi connectivity index (χ2v) is 8.51. The van der Waals surface area contributed by atoms with E-state index in [-0.39, 0.29) is 6.03 Å². The first-order valence-corrected chi connectivity index (χ1v) is 11.3. The van der Waals surface area contributed by atoms with Gasteiger partial charge in [-0.2, -0.15) is 0 Å². The SMILES string of the molecule is Nc1cccc(-c2ccc(CCN3CCN(C(=O)NC4CCCCC4)CC3)cc2)n1. The number of hydrogen-bond donors (Lipinski definition) is 2. The van der Waals surface area contributed by atoms with E-state index in [1.54, 1.807) is 6.07 Å². The molecule has 6 nitrogen and oxygen atoms in total. The molecular weight excluding hydrogens is 374 g/mol. The molecule has 1 saturated carbocycles. The molecule has 2 aliphatic rings. The van der Waals surface area contributed by atoms with Gasteiger partial charge in [-0.1, -0.05) is 49.6 Å². The fraction of sp³-hybridized carbons (Fsp3) is 0.500. The lowest BCUT2D eigenvalue weighted by atomic mass is 9.96. The first-order chi connectivity index (χ1) is 14.7. The van der Waals surface area contributed by atoms with Gasteiger partial charge in [-0.3, -0.25) is 4.90 Å². The molecule has 1 saturated heterocycles. The Hall–Kier alpha value is -2.60. The number of pyridine rings is 1. The van der Waals surface area contributed by atoms with E-state index in [4.69, 9.17) is 5.73 Å². The molecule has 2 heterocycles. The molecule has 3 N–H and O–H groups in total. The third kappa shape index (κ3) is 5.51. The van der Waals surface area contributed by atoms with Crippen LogP contribution in [-0.4, -0.2) is 59.6 Å². The Morgan fingerprint density at radius 1 is 1.00 bits per heavy atom. The van der Waals surface area contributed by atoms with E-state index in [9.17, 15) is 4.79 Å². The van der Waals surface area contributed by atoms with Crippen molar-refractivity contribution in [1.82, 2.24) is 20.1 Å². The fourth-order valence-electron chi connectivity index (χ4n) is 4.43. The monoisotopic (exact) mass is 407 g/mol. The van der Waals surface area contributed by atoms with Crippen molar-refractivity contribution in [2.45, 2.75) is 44.6 Å². The van der Waals surface area contributed by atoms with Gasteiger partial charge in [0.25, 0.3) is 0 Å². The predicted molar refractivity (Wildman–Crippen MR) is 121 cm³/mol. The highest BCUT2D eigenvalue weighted by Crippen LogP contribution is 2.19. The summed E-state index contributed by atoms with van der Waals surface area (Å²) in [5.41, 5.74) is 9.10. The van der Waals surface area contributed by atoms with Gasteiger partial charge in [0, 0.05) is 44.3 Å². The topological polar surface area (TPSA) is 74.5 Å². The molecule has 2 amide bonds. The molecule has 0 radical (unpaired) electrons. The zero-order chi connectivity index (χ0) is 20.8. The summed E-state index contributed by atoms with van der Waals surface area (Å²) in [4.78, 5) is 21.3. The van der Waals surface area contributed by atoms with Gasteiger partial charge in [-0.15, -0.1) is 0 Å². The Bertz CT molecular complexity index is 824. The number of carbonyl (C=O) groups excluding carboxylic acids is 1. The molecule has 0 atom stereocenters. The number of hydrogen-bond acceptors (Lipinski definition) is 4. The molecule has 1 aliphatic carbocycles. The maximum absolute atomic E-state index is 12.5. The van der Waals surface area contributed by atoms with Gasteiger partial charge in [0.1, 0.15) is 5.82 Å². The summed E-state index contributed by atoms with van der Waals surface area (Å²) in [5.74, 6) is 0.545. The molecule has 30 heavy (non-hydrogen) atoms. The third-order valence-corrected chi connectivity index (χ3v) is 6.33. The molecule has 4 rings (SSSR count). The van der Waals surface area contributed by atoms with E-state index in [0.29, 0.717) is 11.9 Å². The van der Waals surface area contributed by atoms with Crippen molar-refractivity contribution in [3.63, 3.8) is 0 Å². The highest BCUT2D eigenvalue weighted by molar-refractivity contribution is 5.74. The maximum atomic E-state index is 12.5. The van der Waals surface area contributed by atoms with Crippen molar-refractivity contribution >= 4 is 11.8 Å². The Labute approximate surface area is 179 Å². The molecule has 0 spiro atoms. The summed E-state index contributed by atoms with van der Waals surface area (Å²) in [6.45, 7) is 4.55. The molecule has 2 fully saturated rings. The fourth-order valence-corrected chi connectivity index (χ4v) is 4.43. The first kappa shape index (κ1) is 20.7. The Morgan fingerprint density at radius 3 is 2.43 bits per heavy atom. The standard InChI is InChI=1S/C24H33N5O/c25-23-8-4-7-22(27-23)20-11-9-19(10-12-20)13-14-28-15-17-29(18-16-28)24(30)26-21-5-2-1-3-6-21/h4,7-12,21H,1-3,5-6,13-18H2,(H2,25,27)(H,26,30). The molecule has 160 valence electrons. The number of nitrogen functional groups attached to an aromatic ring is 1. The lowest BCUT2D eigenvalue weighted by Gasteiger charge is -2.36. The molecule has 1 aliphatic heterocycles. The summed E-state index contributed by atoms with van der Waals surface area (Å²) < 4.78 is 0. The number of benzene rings is 1. The molecule has 1 aromatic carbocycles. The van der Waals surface area contributed by atoms with Crippen molar-refractivity contribution < 1.29 is 4.79 Å². The zero-order valence-electron chi connectivity index (χ0n) is 17.7. The number of piperazine rings is 1. The van der Waals surface area contributed by atoms with Crippen LogP contribution in [0, 0.1) is 0 Å². The number of amides is 2. The molecule has 6 heteroatoms. The van der Waals surface area contributed by atoms with E-state index < -0.39 is 0 Å². The Kier molecular flexibility index (Phi) is 6.84. The van der Waals surface area contributed by atoms with Crippen LogP contribution in [0.2, 0.25) is 0 Å². The van der Waals surface area contributed by atoms with Crippen LogP contribution in [0.15, 0.2) is 42.5 Å². The third-order valence-electron chi connectivity index (χ3n) is 6.33. The maximum Gasteiger partial charge on any atom is 0.317 e. The minimum atomic E-state index is 0.132. The van der Waals surface area contributed by atoms with E-state index in [1.165, 1.54) is 24.8 Å². The lowest BCUT2D eigenvalue weighted by Crippen LogP contribution is -2.53. The molecule has 2 aromatic rings. The van der Waals surface area contributed by atoms with Gasteiger partial charge in [0.2, 0.25) is 0 Å².